The molecule has 0 atom stereocenters. The van der Waals surface area contributed by atoms with Crippen molar-refractivity contribution in [2.75, 3.05) is 0 Å². The summed E-state index contributed by atoms with van der Waals surface area (Å²) in [6.45, 7) is 2.06. The summed E-state index contributed by atoms with van der Waals surface area (Å²) in [6, 6.07) is 0. The van der Waals surface area contributed by atoms with Gasteiger partial charge in [-0.2, -0.15) is 0 Å². The van der Waals surface area contributed by atoms with Crippen LogP contribution in [0.4, 0.5) is 0 Å². The lowest BCUT2D eigenvalue weighted by Gasteiger charge is -2.03. The van der Waals surface area contributed by atoms with Crippen LogP contribution < -0.4 is 0 Å². The average Bonchev–Trinajstić information content (AvgIpc) is 2.85. The molecule has 1 aromatic rings. The van der Waals surface area contributed by atoms with E-state index in [0.29, 0.717) is 6.42 Å². The van der Waals surface area contributed by atoms with E-state index in [0.717, 1.165) is 25.1 Å². The Hall–Kier alpha value is -1.32. The topological polar surface area (TPSA) is 55.1 Å². The van der Waals surface area contributed by atoms with E-state index in [1.807, 2.05) is 0 Å². The lowest BCUT2D eigenvalue weighted by Crippen LogP contribution is -1.93. The summed E-state index contributed by atoms with van der Waals surface area (Å²) in [6.07, 6.45) is 18.6. The largest absolute Gasteiger partial charge is 0.481 e. The number of rotatable bonds is 15. The van der Waals surface area contributed by atoms with Crippen molar-refractivity contribution in [1.82, 2.24) is 9.55 Å². The maximum absolute atomic E-state index is 10.4. The van der Waals surface area contributed by atoms with Crippen molar-refractivity contribution in [3.05, 3.63) is 17.7 Å². The molecule has 1 N–H and O–H groups in total. The van der Waals surface area contributed by atoms with Crippen molar-refractivity contribution in [1.29, 1.82) is 0 Å². The first-order valence-electron chi connectivity index (χ1n) is 9.80. The highest BCUT2D eigenvalue weighted by atomic mass is 16.4. The van der Waals surface area contributed by atoms with Crippen LogP contribution in [-0.4, -0.2) is 20.6 Å². The van der Waals surface area contributed by atoms with Crippen LogP contribution in [0.15, 0.2) is 6.20 Å². The summed E-state index contributed by atoms with van der Waals surface area (Å²) in [5.41, 5.74) is 1.23. The fraction of sp³-hybridized carbons (Fsp3) is 0.800. The zero-order chi connectivity index (χ0) is 17.6. The van der Waals surface area contributed by atoms with Crippen molar-refractivity contribution < 1.29 is 9.90 Å². The minimum atomic E-state index is -0.662. The molecule has 0 aliphatic heterocycles. The van der Waals surface area contributed by atoms with Gasteiger partial charge in [-0.25, -0.2) is 4.98 Å². The van der Waals surface area contributed by atoms with Crippen LogP contribution in [0.1, 0.15) is 95.0 Å². The number of carboxylic acid groups (broad SMARTS) is 1. The Morgan fingerprint density at radius 2 is 1.38 bits per heavy atom. The lowest BCUT2D eigenvalue weighted by atomic mass is 10.0. The zero-order valence-corrected chi connectivity index (χ0v) is 15.7. The second-order valence-electron chi connectivity index (χ2n) is 7.03. The highest BCUT2D eigenvalue weighted by Gasteiger charge is 2.01. The van der Waals surface area contributed by atoms with E-state index in [2.05, 4.69) is 29.7 Å². The van der Waals surface area contributed by atoms with Crippen molar-refractivity contribution in [3.63, 3.8) is 0 Å². The Bertz CT molecular complexity index is 435. The lowest BCUT2D eigenvalue weighted by molar-refractivity contribution is -0.137. The molecule has 1 aromatic heterocycles. The van der Waals surface area contributed by atoms with Gasteiger partial charge in [0.2, 0.25) is 0 Å². The minimum Gasteiger partial charge on any atom is -0.481 e. The highest BCUT2D eigenvalue weighted by molar-refractivity contribution is 5.66. The summed E-state index contributed by atoms with van der Waals surface area (Å²) < 4.78 is 2.10. The number of nitrogens with zero attached hydrogens (tertiary/aromatic N) is 2. The number of aliphatic carboxylic acids is 1. The fourth-order valence-electron chi connectivity index (χ4n) is 3.10. The molecule has 0 radical (unpaired) electrons. The number of aryl methyl sites for hydroxylation is 3. The molecule has 4 nitrogen and oxygen atoms in total. The number of hydrogen-bond acceptors (Lipinski definition) is 2. The molecule has 0 aromatic carbocycles. The maximum Gasteiger partial charge on any atom is 0.303 e. The quantitative estimate of drug-likeness (QED) is 0.435. The third-order valence-electron chi connectivity index (χ3n) is 4.73. The fourth-order valence-corrected chi connectivity index (χ4v) is 3.10. The smallest absolute Gasteiger partial charge is 0.303 e. The molecule has 0 unspecified atom stereocenters. The van der Waals surface area contributed by atoms with Crippen molar-refractivity contribution >= 4 is 5.97 Å². The Balaban J connectivity index is 1.78. The first-order valence-corrected chi connectivity index (χ1v) is 9.80. The van der Waals surface area contributed by atoms with E-state index >= 15 is 0 Å². The predicted octanol–water partition coefficient (Wildman–Crippen LogP) is 5.43. The highest BCUT2D eigenvalue weighted by Crippen LogP contribution is 2.13. The molecule has 1 heterocycles. The molecule has 0 fully saturated rings. The third-order valence-corrected chi connectivity index (χ3v) is 4.73. The molecular weight excluding hydrogens is 300 g/mol. The normalized spacial score (nSPS) is 11.1. The number of unbranched alkanes of at least 4 members (excludes halogenated alkanes) is 11. The molecule has 0 spiro atoms. The van der Waals surface area contributed by atoms with Gasteiger partial charge in [-0.15, -0.1) is 0 Å². The zero-order valence-electron chi connectivity index (χ0n) is 15.7. The number of carbonyl (C=O) groups is 1. The molecule has 4 heteroatoms. The molecule has 0 aliphatic carbocycles. The molecule has 0 saturated carbocycles. The van der Waals surface area contributed by atoms with Gasteiger partial charge in [-0.3, -0.25) is 4.79 Å². The summed E-state index contributed by atoms with van der Waals surface area (Å²) in [5, 5.41) is 8.56. The Morgan fingerprint density at radius 1 is 0.917 bits per heavy atom. The SMILES string of the molecule is Cc1nc(CCCCCCCCCCCCCCC(=O)O)cn1C. The summed E-state index contributed by atoms with van der Waals surface area (Å²) >= 11 is 0. The van der Waals surface area contributed by atoms with E-state index in [9.17, 15) is 4.79 Å². The van der Waals surface area contributed by atoms with Gasteiger partial charge in [0.15, 0.2) is 0 Å². The molecule has 0 saturated heterocycles. The Labute approximate surface area is 147 Å². The van der Waals surface area contributed by atoms with Crippen LogP contribution in [-0.2, 0) is 18.3 Å². The van der Waals surface area contributed by atoms with Gasteiger partial charge in [-0.1, -0.05) is 64.2 Å². The van der Waals surface area contributed by atoms with E-state index in [-0.39, 0.29) is 0 Å². The van der Waals surface area contributed by atoms with Crippen LogP contribution in [0.2, 0.25) is 0 Å². The molecule has 24 heavy (non-hydrogen) atoms. The first kappa shape index (κ1) is 20.7. The van der Waals surface area contributed by atoms with Gasteiger partial charge < -0.3 is 9.67 Å². The van der Waals surface area contributed by atoms with E-state index < -0.39 is 5.97 Å². The molecule has 138 valence electrons. The van der Waals surface area contributed by atoms with Gasteiger partial charge in [0, 0.05) is 19.7 Å². The van der Waals surface area contributed by atoms with Gasteiger partial charge in [0.05, 0.1) is 5.69 Å². The summed E-state index contributed by atoms with van der Waals surface area (Å²) in [5.74, 6) is 0.442. The van der Waals surface area contributed by atoms with Gasteiger partial charge in [0.1, 0.15) is 5.82 Å². The van der Waals surface area contributed by atoms with Crippen molar-refractivity contribution in [2.24, 2.45) is 7.05 Å². The monoisotopic (exact) mass is 336 g/mol. The number of aromatic nitrogens is 2. The van der Waals surface area contributed by atoms with E-state index in [4.69, 9.17) is 5.11 Å². The van der Waals surface area contributed by atoms with Gasteiger partial charge >= 0.3 is 5.97 Å². The summed E-state index contributed by atoms with van der Waals surface area (Å²) in [4.78, 5) is 14.9. The first-order chi connectivity index (χ1) is 11.6. The average molecular weight is 337 g/mol. The number of imidazole rings is 1. The Kier molecular flexibility index (Phi) is 11.2. The van der Waals surface area contributed by atoms with Crippen LogP contribution in [0, 0.1) is 6.92 Å². The van der Waals surface area contributed by atoms with Crippen molar-refractivity contribution in [3.8, 4) is 0 Å². The molecule has 0 aliphatic rings. The van der Waals surface area contributed by atoms with Crippen LogP contribution in [0.3, 0.4) is 0 Å². The maximum atomic E-state index is 10.4. The minimum absolute atomic E-state index is 0.333. The molecule has 0 bridgehead atoms. The molecule has 1 rings (SSSR count). The van der Waals surface area contributed by atoms with Gasteiger partial charge in [-0.05, 0) is 26.2 Å². The summed E-state index contributed by atoms with van der Waals surface area (Å²) in [7, 11) is 2.06. The van der Waals surface area contributed by atoms with Crippen LogP contribution >= 0.6 is 0 Å². The standard InChI is InChI=1S/C20H36N2O2/c1-18-21-19(17-22(18)2)15-13-11-9-7-5-3-4-6-8-10-12-14-16-20(23)24/h17H,3-16H2,1-2H3,(H,23,24). The van der Waals surface area contributed by atoms with Crippen LogP contribution in [0.5, 0.6) is 0 Å². The Morgan fingerprint density at radius 3 is 1.79 bits per heavy atom. The second-order valence-corrected chi connectivity index (χ2v) is 7.03. The number of hydrogen-bond donors (Lipinski definition) is 1. The van der Waals surface area contributed by atoms with Gasteiger partial charge in [0.25, 0.3) is 0 Å². The molecular formula is C20H36N2O2. The van der Waals surface area contributed by atoms with Crippen LogP contribution in [0.25, 0.3) is 0 Å². The predicted molar refractivity (Wildman–Crippen MR) is 99.3 cm³/mol. The van der Waals surface area contributed by atoms with Crippen molar-refractivity contribution in [2.45, 2.75) is 96.8 Å². The molecule has 0 amide bonds. The number of carboxylic acids is 1. The van der Waals surface area contributed by atoms with E-state index in [1.165, 1.54) is 69.9 Å². The van der Waals surface area contributed by atoms with E-state index in [1.54, 1.807) is 0 Å². The third kappa shape index (κ3) is 10.5. The second kappa shape index (κ2) is 13.0.